The molecule has 0 saturated carbocycles. The quantitative estimate of drug-likeness (QED) is 0.801. The third-order valence-electron chi connectivity index (χ3n) is 3.57. The van der Waals surface area contributed by atoms with Crippen LogP contribution in [0.4, 0.5) is 4.39 Å². The maximum absolute atomic E-state index is 14.1. The molecule has 7 nitrogen and oxygen atoms in total. The van der Waals surface area contributed by atoms with E-state index in [9.17, 15) is 14.0 Å². The van der Waals surface area contributed by atoms with Gasteiger partial charge < -0.3 is 10.4 Å². The Labute approximate surface area is 144 Å². The summed E-state index contributed by atoms with van der Waals surface area (Å²) in [6, 6.07) is 6.13. The van der Waals surface area contributed by atoms with Crippen LogP contribution in [0.25, 0.3) is 5.69 Å². The molecule has 2 N–H and O–H groups in total. The topological polar surface area (TPSA) is 97.1 Å². The van der Waals surface area contributed by atoms with Crippen molar-refractivity contribution in [2.24, 2.45) is 5.92 Å². The molecule has 1 aromatic heterocycles. The number of aliphatic carboxylic acids is 1. The normalized spacial score (nSPS) is 12.2. The van der Waals surface area contributed by atoms with Crippen LogP contribution >= 0.6 is 0 Å². The Kier molecular flexibility index (Phi) is 5.84. The zero-order chi connectivity index (χ0) is 18.6. The highest BCUT2D eigenvalue weighted by atomic mass is 19.1. The first-order valence-electron chi connectivity index (χ1n) is 8.01. The van der Waals surface area contributed by atoms with Crippen molar-refractivity contribution in [3.8, 4) is 5.69 Å². The van der Waals surface area contributed by atoms with Crippen molar-refractivity contribution in [1.29, 1.82) is 0 Å². The highest BCUT2D eigenvalue weighted by Crippen LogP contribution is 2.19. The summed E-state index contributed by atoms with van der Waals surface area (Å²) in [5.41, 5.74) is 0.219. The lowest BCUT2D eigenvalue weighted by Crippen LogP contribution is -2.30. The largest absolute Gasteiger partial charge is 0.481 e. The van der Waals surface area contributed by atoms with Crippen LogP contribution < -0.4 is 5.32 Å². The average Bonchev–Trinajstić information content (AvgIpc) is 2.98. The van der Waals surface area contributed by atoms with Crippen molar-refractivity contribution in [2.75, 3.05) is 6.54 Å². The Hall–Kier alpha value is -2.77. The van der Waals surface area contributed by atoms with Crippen LogP contribution in [0.1, 0.15) is 49.6 Å². The van der Waals surface area contributed by atoms with E-state index in [2.05, 4.69) is 15.4 Å². The molecule has 2 aromatic rings. The van der Waals surface area contributed by atoms with E-state index in [1.54, 1.807) is 25.1 Å². The molecule has 1 heterocycles. The van der Waals surface area contributed by atoms with E-state index in [0.717, 1.165) is 0 Å². The number of amides is 1. The fourth-order valence-electron chi connectivity index (χ4n) is 2.31. The van der Waals surface area contributed by atoms with Gasteiger partial charge in [-0.05, 0) is 18.1 Å². The number of para-hydroxylation sites is 1. The summed E-state index contributed by atoms with van der Waals surface area (Å²) >= 11 is 0. The number of nitrogens with one attached hydrogen (secondary N) is 1. The third-order valence-corrected chi connectivity index (χ3v) is 3.57. The summed E-state index contributed by atoms with van der Waals surface area (Å²) in [5, 5.41) is 15.5. The van der Waals surface area contributed by atoms with Gasteiger partial charge in [0.1, 0.15) is 17.3 Å². The first kappa shape index (κ1) is 18.6. The molecule has 0 aliphatic heterocycles. The van der Waals surface area contributed by atoms with E-state index >= 15 is 0 Å². The summed E-state index contributed by atoms with van der Waals surface area (Å²) in [6.45, 7) is 5.66. The molecular formula is C17H21FN4O3. The number of aromatic nitrogens is 3. The van der Waals surface area contributed by atoms with Gasteiger partial charge in [-0.2, -0.15) is 0 Å². The molecule has 1 aromatic carbocycles. The molecule has 1 amide bonds. The summed E-state index contributed by atoms with van der Waals surface area (Å²) < 4.78 is 15.4. The molecule has 0 saturated heterocycles. The molecule has 0 fully saturated rings. The molecule has 0 spiro atoms. The number of hydrogen-bond donors (Lipinski definition) is 2. The zero-order valence-electron chi connectivity index (χ0n) is 14.4. The number of carboxylic acid groups (broad SMARTS) is 1. The second kappa shape index (κ2) is 7.87. The summed E-state index contributed by atoms with van der Waals surface area (Å²) in [7, 11) is 0. The van der Waals surface area contributed by atoms with Crippen LogP contribution in [0.3, 0.4) is 0 Å². The van der Waals surface area contributed by atoms with E-state index in [1.807, 2.05) is 13.8 Å². The SMILES string of the molecule is CC(CNC(=O)c1nc(C(C)C)n(-c2ccccc2F)n1)CC(=O)O. The number of halogens is 1. The van der Waals surface area contributed by atoms with Gasteiger partial charge in [0.25, 0.3) is 5.91 Å². The Morgan fingerprint density at radius 1 is 1.28 bits per heavy atom. The number of nitrogens with zero attached hydrogens (tertiary/aromatic N) is 3. The Morgan fingerprint density at radius 2 is 1.96 bits per heavy atom. The molecule has 2 rings (SSSR count). The maximum atomic E-state index is 14.1. The first-order chi connectivity index (χ1) is 11.8. The molecule has 0 aliphatic rings. The van der Waals surface area contributed by atoms with Gasteiger partial charge in [-0.3, -0.25) is 9.59 Å². The van der Waals surface area contributed by atoms with E-state index < -0.39 is 17.7 Å². The van der Waals surface area contributed by atoms with Crippen LogP contribution in [0.15, 0.2) is 24.3 Å². The van der Waals surface area contributed by atoms with Crippen molar-refractivity contribution in [2.45, 2.75) is 33.1 Å². The van der Waals surface area contributed by atoms with E-state index in [1.165, 1.54) is 10.7 Å². The van der Waals surface area contributed by atoms with Crippen molar-refractivity contribution >= 4 is 11.9 Å². The Balaban J connectivity index is 2.22. The number of carboxylic acids is 1. The Bertz CT molecular complexity index is 773. The fraction of sp³-hybridized carbons (Fsp3) is 0.412. The summed E-state index contributed by atoms with van der Waals surface area (Å²) in [5.74, 6) is -1.81. The molecule has 8 heteroatoms. The zero-order valence-corrected chi connectivity index (χ0v) is 14.4. The van der Waals surface area contributed by atoms with Crippen LogP contribution in [-0.4, -0.2) is 38.3 Å². The monoisotopic (exact) mass is 348 g/mol. The summed E-state index contributed by atoms with van der Waals surface area (Å²) in [4.78, 5) is 27.1. The van der Waals surface area contributed by atoms with Crippen molar-refractivity contribution in [3.63, 3.8) is 0 Å². The van der Waals surface area contributed by atoms with Crippen molar-refractivity contribution < 1.29 is 19.1 Å². The number of benzene rings is 1. The van der Waals surface area contributed by atoms with Gasteiger partial charge in [-0.25, -0.2) is 14.1 Å². The smallest absolute Gasteiger partial charge is 0.303 e. The minimum atomic E-state index is -0.925. The molecular weight excluding hydrogens is 327 g/mol. The minimum Gasteiger partial charge on any atom is -0.481 e. The second-order valence-electron chi connectivity index (χ2n) is 6.22. The van der Waals surface area contributed by atoms with Gasteiger partial charge in [0.15, 0.2) is 0 Å². The number of rotatable bonds is 7. The van der Waals surface area contributed by atoms with Gasteiger partial charge in [0.2, 0.25) is 5.82 Å². The average molecular weight is 348 g/mol. The lowest BCUT2D eigenvalue weighted by atomic mass is 10.1. The predicted molar refractivity (Wildman–Crippen MR) is 89.2 cm³/mol. The standard InChI is InChI=1S/C17H21FN4O3/c1-10(2)16-20-15(17(25)19-9-11(3)8-14(23)24)21-22(16)13-7-5-4-6-12(13)18/h4-7,10-11H,8-9H2,1-3H3,(H,19,25)(H,23,24). The highest BCUT2D eigenvalue weighted by molar-refractivity contribution is 5.90. The fourth-order valence-corrected chi connectivity index (χ4v) is 2.31. The third kappa shape index (κ3) is 4.62. The minimum absolute atomic E-state index is 0.0470. The highest BCUT2D eigenvalue weighted by Gasteiger charge is 2.21. The summed E-state index contributed by atoms with van der Waals surface area (Å²) in [6.07, 6.45) is -0.0470. The number of carbonyl (C=O) groups excluding carboxylic acids is 1. The van der Waals surface area contributed by atoms with Gasteiger partial charge in [0, 0.05) is 18.9 Å². The van der Waals surface area contributed by atoms with Crippen LogP contribution in [0.2, 0.25) is 0 Å². The van der Waals surface area contributed by atoms with Crippen molar-refractivity contribution in [1.82, 2.24) is 20.1 Å². The van der Waals surface area contributed by atoms with E-state index in [0.29, 0.717) is 5.82 Å². The molecule has 0 radical (unpaired) electrons. The molecule has 134 valence electrons. The first-order valence-corrected chi connectivity index (χ1v) is 8.01. The van der Waals surface area contributed by atoms with Gasteiger partial charge in [-0.15, -0.1) is 5.10 Å². The molecule has 0 bridgehead atoms. The molecule has 25 heavy (non-hydrogen) atoms. The maximum Gasteiger partial charge on any atom is 0.303 e. The second-order valence-corrected chi connectivity index (χ2v) is 6.22. The van der Waals surface area contributed by atoms with Crippen LogP contribution in [-0.2, 0) is 4.79 Å². The molecule has 1 unspecified atom stereocenters. The predicted octanol–water partition coefficient (Wildman–Crippen LogP) is 2.37. The lowest BCUT2D eigenvalue weighted by Gasteiger charge is -2.08. The number of hydrogen-bond acceptors (Lipinski definition) is 4. The number of carbonyl (C=O) groups is 2. The Morgan fingerprint density at radius 3 is 2.56 bits per heavy atom. The van der Waals surface area contributed by atoms with Gasteiger partial charge in [-0.1, -0.05) is 32.9 Å². The van der Waals surface area contributed by atoms with Gasteiger partial charge >= 0.3 is 5.97 Å². The molecule has 0 aliphatic carbocycles. The lowest BCUT2D eigenvalue weighted by molar-refractivity contribution is -0.137. The van der Waals surface area contributed by atoms with Crippen molar-refractivity contribution in [3.05, 3.63) is 41.7 Å². The van der Waals surface area contributed by atoms with Crippen LogP contribution in [0, 0.1) is 11.7 Å². The van der Waals surface area contributed by atoms with E-state index in [4.69, 9.17) is 5.11 Å². The van der Waals surface area contributed by atoms with Crippen LogP contribution in [0.5, 0.6) is 0 Å². The van der Waals surface area contributed by atoms with Gasteiger partial charge in [0.05, 0.1) is 0 Å². The van der Waals surface area contributed by atoms with E-state index in [-0.39, 0.29) is 36.3 Å². The molecule has 1 atom stereocenters.